The van der Waals surface area contributed by atoms with Gasteiger partial charge in [-0.15, -0.1) is 0 Å². The third-order valence-corrected chi connectivity index (χ3v) is 4.44. The number of ether oxygens (including phenoxy) is 1. The fourth-order valence-electron chi connectivity index (χ4n) is 3.17. The Balaban J connectivity index is 1.92. The standard InChI is InChI=1S/C19H23NO/c1-13-4-5-14(2)16(10-13)11-19-18-12-17(21-3)7-6-15(18)8-9-20-19/h4-7,10,12,19-20H,8-9,11H2,1-3H3. The molecule has 2 aromatic carbocycles. The number of fused-ring (bicyclic) bond motifs is 1. The highest BCUT2D eigenvalue weighted by molar-refractivity contribution is 5.41. The number of rotatable bonds is 3. The Bertz CT molecular complexity index is 648. The topological polar surface area (TPSA) is 21.3 Å². The zero-order valence-corrected chi connectivity index (χ0v) is 13.1. The smallest absolute Gasteiger partial charge is 0.119 e. The second kappa shape index (κ2) is 5.90. The minimum atomic E-state index is 0.379. The summed E-state index contributed by atoms with van der Waals surface area (Å²) in [5, 5.41) is 3.67. The van der Waals surface area contributed by atoms with Gasteiger partial charge < -0.3 is 10.1 Å². The van der Waals surface area contributed by atoms with Crippen LogP contribution in [0.5, 0.6) is 5.75 Å². The fourth-order valence-corrected chi connectivity index (χ4v) is 3.17. The highest BCUT2D eigenvalue weighted by Crippen LogP contribution is 2.30. The summed E-state index contributed by atoms with van der Waals surface area (Å²) in [4.78, 5) is 0. The van der Waals surface area contributed by atoms with Crippen molar-refractivity contribution in [3.05, 3.63) is 64.2 Å². The van der Waals surface area contributed by atoms with Crippen LogP contribution in [-0.2, 0) is 12.8 Å². The van der Waals surface area contributed by atoms with Crippen LogP contribution in [-0.4, -0.2) is 13.7 Å². The number of methoxy groups -OCH3 is 1. The molecule has 0 fully saturated rings. The van der Waals surface area contributed by atoms with Crippen molar-refractivity contribution in [2.24, 2.45) is 0 Å². The molecule has 0 bridgehead atoms. The van der Waals surface area contributed by atoms with E-state index in [1.54, 1.807) is 7.11 Å². The van der Waals surface area contributed by atoms with E-state index >= 15 is 0 Å². The molecule has 1 aliphatic rings. The molecule has 2 heteroatoms. The number of aryl methyl sites for hydroxylation is 2. The molecule has 1 unspecified atom stereocenters. The molecule has 21 heavy (non-hydrogen) atoms. The van der Waals surface area contributed by atoms with E-state index in [9.17, 15) is 0 Å². The van der Waals surface area contributed by atoms with Gasteiger partial charge in [-0.2, -0.15) is 0 Å². The van der Waals surface area contributed by atoms with E-state index in [4.69, 9.17) is 4.74 Å². The first kappa shape index (κ1) is 14.2. The summed E-state index contributed by atoms with van der Waals surface area (Å²) in [5.74, 6) is 0.948. The van der Waals surface area contributed by atoms with Crippen LogP contribution in [0.4, 0.5) is 0 Å². The largest absolute Gasteiger partial charge is 0.497 e. The number of hydrogen-bond acceptors (Lipinski definition) is 2. The van der Waals surface area contributed by atoms with Gasteiger partial charge >= 0.3 is 0 Å². The van der Waals surface area contributed by atoms with Crippen molar-refractivity contribution in [1.82, 2.24) is 5.32 Å². The first-order valence-electron chi connectivity index (χ1n) is 7.63. The Labute approximate surface area is 127 Å². The summed E-state index contributed by atoms with van der Waals surface area (Å²) in [7, 11) is 1.73. The van der Waals surface area contributed by atoms with E-state index in [0.29, 0.717) is 6.04 Å². The molecular formula is C19H23NO. The first-order valence-corrected chi connectivity index (χ1v) is 7.63. The molecule has 1 atom stereocenters. The lowest BCUT2D eigenvalue weighted by molar-refractivity contribution is 0.411. The second-order valence-corrected chi connectivity index (χ2v) is 5.96. The Morgan fingerprint density at radius 3 is 2.81 bits per heavy atom. The maximum Gasteiger partial charge on any atom is 0.119 e. The summed E-state index contributed by atoms with van der Waals surface area (Å²) >= 11 is 0. The van der Waals surface area contributed by atoms with Gasteiger partial charge in [0, 0.05) is 6.04 Å². The van der Waals surface area contributed by atoms with E-state index in [-0.39, 0.29) is 0 Å². The van der Waals surface area contributed by atoms with Gasteiger partial charge in [-0.1, -0.05) is 29.8 Å². The Kier molecular flexibility index (Phi) is 3.98. The van der Waals surface area contributed by atoms with Crippen molar-refractivity contribution in [2.75, 3.05) is 13.7 Å². The van der Waals surface area contributed by atoms with Gasteiger partial charge in [0.15, 0.2) is 0 Å². The molecule has 0 amide bonds. The normalized spacial score (nSPS) is 17.4. The average Bonchev–Trinajstić information content (AvgIpc) is 2.51. The molecule has 0 radical (unpaired) electrons. The van der Waals surface area contributed by atoms with Crippen LogP contribution in [0, 0.1) is 13.8 Å². The van der Waals surface area contributed by atoms with Crippen LogP contribution < -0.4 is 10.1 Å². The minimum absolute atomic E-state index is 0.379. The minimum Gasteiger partial charge on any atom is -0.497 e. The quantitative estimate of drug-likeness (QED) is 0.925. The molecule has 2 nitrogen and oxygen atoms in total. The zero-order chi connectivity index (χ0) is 14.8. The van der Waals surface area contributed by atoms with E-state index < -0.39 is 0 Å². The number of benzene rings is 2. The summed E-state index contributed by atoms with van der Waals surface area (Å²) in [6, 6.07) is 13.6. The van der Waals surface area contributed by atoms with E-state index in [1.807, 2.05) is 0 Å². The number of hydrogen-bond donors (Lipinski definition) is 1. The second-order valence-electron chi connectivity index (χ2n) is 5.96. The van der Waals surface area contributed by atoms with E-state index in [2.05, 4.69) is 55.6 Å². The highest BCUT2D eigenvalue weighted by atomic mass is 16.5. The van der Waals surface area contributed by atoms with Gasteiger partial charge in [0.2, 0.25) is 0 Å². The SMILES string of the molecule is COc1ccc2c(c1)C(Cc1cc(C)ccc1C)NCC2. The molecule has 110 valence electrons. The van der Waals surface area contributed by atoms with Crippen LogP contribution in [0.1, 0.15) is 33.9 Å². The molecule has 0 saturated heterocycles. The average molecular weight is 281 g/mol. The molecule has 1 N–H and O–H groups in total. The maximum atomic E-state index is 5.39. The highest BCUT2D eigenvalue weighted by Gasteiger charge is 2.21. The fraction of sp³-hybridized carbons (Fsp3) is 0.368. The maximum absolute atomic E-state index is 5.39. The molecule has 0 aliphatic carbocycles. The summed E-state index contributed by atoms with van der Waals surface area (Å²) in [6.07, 6.45) is 2.14. The molecule has 0 spiro atoms. The van der Waals surface area contributed by atoms with Crippen LogP contribution in [0.15, 0.2) is 36.4 Å². The predicted octanol–water partition coefficient (Wildman–Crippen LogP) is 3.74. The van der Waals surface area contributed by atoms with Gasteiger partial charge in [0.05, 0.1) is 7.11 Å². The summed E-state index contributed by atoms with van der Waals surface area (Å²) < 4.78 is 5.39. The van der Waals surface area contributed by atoms with E-state index in [0.717, 1.165) is 25.1 Å². The van der Waals surface area contributed by atoms with Crippen molar-refractivity contribution >= 4 is 0 Å². The van der Waals surface area contributed by atoms with Crippen molar-refractivity contribution in [3.8, 4) is 5.75 Å². The van der Waals surface area contributed by atoms with Crippen molar-refractivity contribution in [2.45, 2.75) is 32.7 Å². The van der Waals surface area contributed by atoms with Crippen molar-refractivity contribution in [1.29, 1.82) is 0 Å². The summed E-state index contributed by atoms with van der Waals surface area (Å²) in [6.45, 7) is 5.41. The van der Waals surface area contributed by atoms with Crippen molar-refractivity contribution in [3.63, 3.8) is 0 Å². The Morgan fingerprint density at radius 1 is 1.14 bits per heavy atom. The van der Waals surface area contributed by atoms with Crippen molar-refractivity contribution < 1.29 is 4.74 Å². The third kappa shape index (κ3) is 2.96. The van der Waals surface area contributed by atoms with Crippen LogP contribution >= 0.6 is 0 Å². The predicted molar refractivity (Wildman–Crippen MR) is 87.1 cm³/mol. The van der Waals surface area contributed by atoms with Gasteiger partial charge in [-0.3, -0.25) is 0 Å². The molecule has 1 heterocycles. The molecular weight excluding hydrogens is 258 g/mol. The van der Waals surface area contributed by atoms with E-state index in [1.165, 1.54) is 27.8 Å². The van der Waals surface area contributed by atoms with Gasteiger partial charge in [-0.25, -0.2) is 0 Å². The zero-order valence-electron chi connectivity index (χ0n) is 13.1. The Hall–Kier alpha value is -1.80. The molecule has 0 aromatic heterocycles. The summed E-state index contributed by atoms with van der Waals surface area (Å²) in [5.41, 5.74) is 6.98. The van der Waals surface area contributed by atoms with Crippen LogP contribution in [0.2, 0.25) is 0 Å². The lowest BCUT2D eigenvalue weighted by Crippen LogP contribution is -2.31. The molecule has 2 aromatic rings. The van der Waals surface area contributed by atoms with Gasteiger partial charge in [0.25, 0.3) is 0 Å². The molecule has 3 rings (SSSR count). The van der Waals surface area contributed by atoms with Gasteiger partial charge in [-0.05, 0) is 67.6 Å². The van der Waals surface area contributed by atoms with Crippen LogP contribution in [0.25, 0.3) is 0 Å². The van der Waals surface area contributed by atoms with Gasteiger partial charge in [0.1, 0.15) is 5.75 Å². The number of nitrogens with one attached hydrogen (secondary N) is 1. The molecule has 0 saturated carbocycles. The first-order chi connectivity index (χ1) is 10.2. The lowest BCUT2D eigenvalue weighted by atomic mass is 9.88. The molecule has 1 aliphatic heterocycles. The third-order valence-electron chi connectivity index (χ3n) is 4.44. The Morgan fingerprint density at radius 2 is 2.00 bits per heavy atom. The van der Waals surface area contributed by atoms with Crippen LogP contribution in [0.3, 0.4) is 0 Å². The monoisotopic (exact) mass is 281 g/mol. The lowest BCUT2D eigenvalue weighted by Gasteiger charge is -2.28.